The Balaban J connectivity index is 1.62. The fourth-order valence-electron chi connectivity index (χ4n) is 2.37. The summed E-state index contributed by atoms with van der Waals surface area (Å²) in [7, 11) is 0. The number of nitrogens with one attached hydrogen (secondary N) is 1. The Bertz CT molecular complexity index is 954. The van der Waals surface area contributed by atoms with Crippen LogP contribution in [0.4, 0.5) is 10.1 Å². The summed E-state index contributed by atoms with van der Waals surface area (Å²) in [6.07, 6.45) is 0. The molecule has 0 aliphatic carbocycles. The van der Waals surface area contributed by atoms with Crippen LogP contribution in [0.3, 0.4) is 0 Å². The Morgan fingerprint density at radius 3 is 2.73 bits per heavy atom. The topological polar surface area (TPSA) is 64.6 Å². The number of ether oxygens (including phenoxy) is 2. The van der Waals surface area contributed by atoms with E-state index in [4.69, 9.17) is 9.47 Å². The summed E-state index contributed by atoms with van der Waals surface area (Å²) in [5.41, 5.74) is 0.499. The third kappa shape index (κ3) is 4.00. The highest BCUT2D eigenvalue weighted by molar-refractivity contribution is 7.20. The first-order valence-electron chi connectivity index (χ1n) is 7.95. The molecule has 0 saturated carbocycles. The minimum Gasteiger partial charge on any atom is -0.492 e. The van der Waals surface area contributed by atoms with Crippen molar-refractivity contribution in [2.24, 2.45) is 0 Å². The largest absolute Gasteiger partial charge is 0.492 e. The maximum Gasteiger partial charge on any atom is 0.348 e. The number of carbonyl (C=O) groups excluding carboxylic acids is 2. The molecule has 1 amide bonds. The lowest BCUT2D eigenvalue weighted by Crippen LogP contribution is -2.21. The van der Waals surface area contributed by atoms with Gasteiger partial charge in [-0.1, -0.05) is 18.2 Å². The van der Waals surface area contributed by atoms with Crippen molar-refractivity contribution in [3.8, 4) is 5.75 Å². The quantitative estimate of drug-likeness (QED) is 0.657. The highest BCUT2D eigenvalue weighted by atomic mass is 32.1. The van der Waals surface area contributed by atoms with E-state index < -0.39 is 24.3 Å². The summed E-state index contributed by atoms with van der Waals surface area (Å²) in [6.45, 7) is 1.86. The molecule has 0 fully saturated rings. The standard InChI is InChI=1S/C19H16FNO4S/c1-2-24-15-8-4-3-7-14(15)21-18(22)11-25-19(23)17-10-12-13(20)6-5-9-16(12)26-17/h3-10H,2,11H2,1H3,(H,21,22). The highest BCUT2D eigenvalue weighted by Crippen LogP contribution is 2.28. The predicted molar refractivity (Wildman–Crippen MR) is 98.3 cm³/mol. The van der Waals surface area contributed by atoms with Crippen LogP contribution in [0.25, 0.3) is 10.1 Å². The molecule has 2 aromatic carbocycles. The molecule has 0 spiro atoms. The Hall–Kier alpha value is -2.93. The summed E-state index contributed by atoms with van der Waals surface area (Å²) in [5, 5.41) is 3.00. The zero-order valence-electron chi connectivity index (χ0n) is 14.0. The van der Waals surface area contributed by atoms with Gasteiger partial charge >= 0.3 is 5.97 Å². The molecule has 0 bridgehead atoms. The molecule has 1 N–H and O–H groups in total. The number of hydrogen-bond donors (Lipinski definition) is 1. The van der Waals surface area contributed by atoms with Crippen molar-refractivity contribution in [3.63, 3.8) is 0 Å². The number of benzene rings is 2. The second-order valence-electron chi connectivity index (χ2n) is 5.32. The third-order valence-corrected chi connectivity index (χ3v) is 4.59. The molecular weight excluding hydrogens is 357 g/mol. The lowest BCUT2D eigenvalue weighted by molar-refractivity contribution is -0.119. The van der Waals surface area contributed by atoms with E-state index in [9.17, 15) is 14.0 Å². The summed E-state index contributed by atoms with van der Waals surface area (Å²) in [6, 6.07) is 13.0. The summed E-state index contributed by atoms with van der Waals surface area (Å²) in [5.74, 6) is -1.02. The van der Waals surface area contributed by atoms with Gasteiger partial charge in [-0.2, -0.15) is 0 Å². The normalized spacial score (nSPS) is 10.5. The van der Waals surface area contributed by atoms with Gasteiger partial charge in [0.2, 0.25) is 0 Å². The van der Waals surface area contributed by atoms with Gasteiger partial charge in [-0.15, -0.1) is 11.3 Å². The van der Waals surface area contributed by atoms with Gasteiger partial charge in [-0.3, -0.25) is 4.79 Å². The van der Waals surface area contributed by atoms with Crippen molar-refractivity contribution in [3.05, 3.63) is 59.2 Å². The molecule has 0 aliphatic rings. The molecule has 3 rings (SSSR count). The molecule has 3 aromatic rings. The second-order valence-corrected chi connectivity index (χ2v) is 6.40. The van der Waals surface area contributed by atoms with Crippen molar-refractivity contribution >= 4 is 39.0 Å². The SMILES string of the molecule is CCOc1ccccc1NC(=O)COC(=O)c1cc2c(F)cccc2s1. The van der Waals surface area contributed by atoms with Crippen LogP contribution in [0, 0.1) is 5.82 Å². The van der Waals surface area contributed by atoms with Gasteiger partial charge in [0.25, 0.3) is 5.91 Å². The number of halogens is 1. The average Bonchev–Trinajstić information content (AvgIpc) is 3.07. The summed E-state index contributed by atoms with van der Waals surface area (Å²) in [4.78, 5) is 24.4. The highest BCUT2D eigenvalue weighted by Gasteiger charge is 2.16. The first-order valence-corrected chi connectivity index (χ1v) is 8.77. The van der Waals surface area contributed by atoms with Crippen LogP contribution in [0.1, 0.15) is 16.6 Å². The van der Waals surface area contributed by atoms with E-state index in [1.165, 1.54) is 12.1 Å². The molecule has 26 heavy (non-hydrogen) atoms. The Kier molecular flexibility index (Phi) is 5.48. The average molecular weight is 373 g/mol. The van der Waals surface area contributed by atoms with Crippen molar-refractivity contribution in [1.82, 2.24) is 0 Å². The van der Waals surface area contributed by atoms with E-state index in [-0.39, 0.29) is 4.88 Å². The Labute approximate surface area is 153 Å². The van der Waals surface area contributed by atoms with E-state index in [2.05, 4.69) is 5.32 Å². The van der Waals surface area contributed by atoms with E-state index in [1.807, 2.05) is 6.92 Å². The maximum atomic E-state index is 13.7. The van der Waals surface area contributed by atoms with Gasteiger partial charge in [-0.25, -0.2) is 9.18 Å². The molecule has 0 aliphatic heterocycles. The van der Waals surface area contributed by atoms with Crippen LogP contribution >= 0.6 is 11.3 Å². The number of rotatable bonds is 6. The smallest absolute Gasteiger partial charge is 0.348 e. The molecule has 7 heteroatoms. The summed E-state index contributed by atoms with van der Waals surface area (Å²) < 4.78 is 24.8. The predicted octanol–water partition coefficient (Wildman–Crippen LogP) is 4.23. The molecule has 0 unspecified atom stereocenters. The molecule has 0 atom stereocenters. The van der Waals surface area contributed by atoms with Gasteiger partial charge < -0.3 is 14.8 Å². The molecule has 134 valence electrons. The minimum atomic E-state index is -0.668. The maximum absolute atomic E-state index is 13.7. The van der Waals surface area contributed by atoms with Gasteiger partial charge in [0, 0.05) is 10.1 Å². The zero-order valence-corrected chi connectivity index (χ0v) is 14.8. The van der Waals surface area contributed by atoms with Gasteiger partial charge in [0.1, 0.15) is 16.4 Å². The number of thiophene rings is 1. The first-order chi connectivity index (χ1) is 12.6. The van der Waals surface area contributed by atoms with E-state index >= 15 is 0 Å². The molecule has 1 aromatic heterocycles. The van der Waals surface area contributed by atoms with Crippen LogP contribution in [0.5, 0.6) is 5.75 Å². The summed E-state index contributed by atoms with van der Waals surface area (Å²) >= 11 is 1.12. The number of carbonyl (C=O) groups is 2. The number of amides is 1. The fourth-order valence-corrected chi connectivity index (χ4v) is 3.33. The van der Waals surface area contributed by atoms with Gasteiger partial charge in [0.15, 0.2) is 6.61 Å². The van der Waals surface area contributed by atoms with Crippen LogP contribution in [-0.4, -0.2) is 25.1 Å². The van der Waals surface area contributed by atoms with Crippen molar-refractivity contribution in [2.75, 3.05) is 18.5 Å². The van der Waals surface area contributed by atoms with Crippen LogP contribution in [-0.2, 0) is 9.53 Å². The van der Waals surface area contributed by atoms with E-state index in [1.54, 1.807) is 36.4 Å². The lowest BCUT2D eigenvalue weighted by atomic mass is 10.2. The van der Waals surface area contributed by atoms with E-state index in [0.717, 1.165) is 11.3 Å². The van der Waals surface area contributed by atoms with Crippen molar-refractivity contribution < 1.29 is 23.5 Å². The van der Waals surface area contributed by atoms with Gasteiger partial charge in [-0.05, 0) is 37.3 Å². The lowest BCUT2D eigenvalue weighted by Gasteiger charge is -2.11. The van der Waals surface area contributed by atoms with Crippen LogP contribution in [0.15, 0.2) is 48.5 Å². The molecule has 1 heterocycles. The Morgan fingerprint density at radius 1 is 1.15 bits per heavy atom. The van der Waals surface area contributed by atoms with Crippen molar-refractivity contribution in [1.29, 1.82) is 0 Å². The monoisotopic (exact) mass is 373 g/mol. The Morgan fingerprint density at radius 2 is 1.96 bits per heavy atom. The van der Waals surface area contributed by atoms with E-state index in [0.29, 0.717) is 28.1 Å². The second kappa shape index (κ2) is 7.97. The zero-order chi connectivity index (χ0) is 18.5. The number of anilines is 1. The molecule has 0 saturated heterocycles. The van der Waals surface area contributed by atoms with Crippen LogP contribution < -0.4 is 10.1 Å². The van der Waals surface area contributed by atoms with Crippen LogP contribution in [0.2, 0.25) is 0 Å². The minimum absolute atomic E-state index is 0.243. The molecule has 0 radical (unpaired) electrons. The van der Waals surface area contributed by atoms with Crippen molar-refractivity contribution in [2.45, 2.75) is 6.92 Å². The number of esters is 1. The van der Waals surface area contributed by atoms with Gasteiger partial charge in [0.05, 0.1) is 12.3 Å². The number of fused-ring (bicyclic) bond motifs is 1. The number of hydrogen-bond acceptors (Lipinski definition) is 5. The first kappa shape index (κ1) is 17.9. The molecular formula is C19H16FNO4S. The third-order valence-electron chi connectivity index (χ3n) is 3.50. The molecule has 5 nitrogen and oxygen atoms in total. The fraction of sp³-hybridized carbons (Fsp3) is 0.158. The number of para-hydroxylation sites is 2.